The van der Waals surface area contributed by atoms with Gasteiger partial charge in [0.25, 0.3) is 0 Å². The van der Waals surface area contributed by atoms with Crippen molar-refractivity contribution >= 4 is 17.6 Å². The molecule has 0 bridgehead atoms. The number of hydrogen-bond acceptors (Lipinski definition) is 2. The van der Waals surface area contributed by atoms with Crippen LogP contribution in [0.4, 0.5) is 0 Å². The summed E-state index contributed by atoms with van der Waals surface area (Å²) in [5.41, 5.74) is 0.607. The molecular weight excluding hydrogens is 264 g/mol. The van der Waals surface area contributed by atoms with Crippen LogP contribution in [0.15, 0.2) is 24.3 Å². The first-order chi connectivity index (χ1) is 8.87. The standard InChI is InChI=1S/C15H19ClO3/c1-15(2)7-6-12(19-15)9-13(14(17)18)10-4-3-5-11(16)8-10/h3-5,8,12-13H,6-7,9H2,1-2H3,(H,17,18). The van der Waals surface area contributed by atoms with E-state index in [1.807, 2.05) is 19.9 Å². The number of carbonyl (C=O) groups is 1. The van der Waals surface area contributed by atoms with Crippen molar-refractivity contribution in [2.75, 3.05) is 0 Å². The average Bonchev–Trinajstić information content (AvgIpc) is 2.65. The highest BCUT2D eigenvalue weighted by Crippen LogP contribution is 2.35. The van der Waals surface area contributed by atoms with Gasteiger partial charge in [0.2, 0.25) is 0 Å². The molecule has 2 rings (SSSR count). The Morgan fingerprint density at radius 3 is 2.84 bits per heavy atom. The van der Waals surface area contributed by atoms with Gasteiger partial charge >= 0.3 is 5.97 Å². The van der Waals surface area contributed by atoms with Crippen LogP contribution in [0.1, 0.15) is 44.6 Å². The second-order valence-electron chi connectivity index (χ2n) is 5.72. The van der Waals surface area contributed by atoms with Crippen LogP contribution < -0.4 is 0 Å². The number of aliphatic carboxylic acids is 1. The zero-order valence-electron chi connectivity index (χ0n) is 11.2. The number of hydrogen-bond donors (Lipinski definition) is 1. The van der Waals surface area contributed by atoms with Crippen LogP contribution in [-0.2, 0) is 9.53 Å². The zero-order valence-corrected chi connectivity index (χ0v) is 12.0. The van der Waals surface area contributed by atoms with E-state index in [0.29, 0.717) is 11.4 Å². The summed E-state index contributed by atoms with van der Waals surface area (Å²) in [7, 11) is 0. The van der Waals surface area contributed by atoms with E-state index in [9.17, 15) is 9.90 Å². The fourth-order valence-corrected chi connectivity index (χ4v) is 2.81. The van der Waals surface area contributed by atoms with Gasteiger partial charge in [0, 0.05) is 5.02 Å². The first kappa shape index (κ1) is 14.4. The first-order valence-electron chi connectivity index (χ1n) is 6.53. The predicted molar refractivity (Wildman–Crippen MR) is 74.6 cm³/mol. The summed E-state index contributed by atoms with van der Waals surface area (Å²) in [6, 6.07) is 7.07. The Hall–Kier alpha value is -1.06. The van der Waals surface area contributed by atoms with Crippen LogP contribution >= 0.6 is 11.6 Å². The van der Waals surface area contributed by atoms with E-state index in [0.717, 1.165) is 18.4 Å². The number of carboxylic acids is 1. The lowest BCUT2D eigenvalue weighted by Gasteiger charge is -2.21. The topological polar surface area (TPSA) is 46.5 Å². The quantitative estimate of drug-likeness (QED) is 0.912. The Bertz CT molecular complexity index is 470. The number of ether oxygens (including phenoxy) is 1. The number of rotatable bonds is 4. The van der Waals surface area contributed by atoms with Crippen molar-refractivity contribution in [3.8, 4) is 0 Å². The molecule has 1 aliphatic heterocycles. The Labute approximate surface area is 118 Å². The van der Waals surface area contributed by atoms with Crippen LogP contribution in [0.25, 0.3) is 0 Å². The van der Waals surface area contributed by atoms with Crippen molar-refractivity contribution in [2.24, 2.45) is 0 Å². The minimum atomic E-state index is -0.824. The summed E-state index contributed by atoms with van der Waals surface area (Å²) in [6.45, 7) is 4.09. The molecule has 0 aliphatic carbocycles. The van der Waals surface area contributed by atoms with Gasteiger partial charge in [0.15, 0.2) is 0 Å². The van der Waals surface area contributed by atoms with Crippen molar-refractivity contribution in [3.05, 3.63) is 34.9 Å². The fraction of sp³-hybridized carbons (Fsp3) is 0.533. The van der Waals surface area contributed by atoms with Crippen molar-refractivity contribution < 1.29 is 14.6 Å². The number of benzene rings is 1. The zero-order chi connectivity index (χ0) is 14.0. The van der Waals surface area contributed by atoms with Crippen molar-refractivity contribution in [3.63, 3.8) is 0 Å². The number of carboxylic acid groups (broad SMARTS) is 1. The molecule has 1 heterocycles. The lowest BCUT2D eigenvalue weighted by Crippen LogP contribution is -2.23. The lowest BCUT2D eigenvalue weighted by atomic mass is 9.92. The molecule has 1 aliphatic rings. The molecular formula is C15H19ClO3. The molecule has 104 valence electrons. The van der Waals surface area contributed by atoms with E-state index in [2.05, 4.69) is 0 Å². The molecule has 19 heavy (non-hydrogen) atoms. The van der Waals surface area contributed by atoms with E-state index >= 15 is 0 Å². The molecule has 0 aromatic heterocycles. The maximum atomic E-state index is 11.5. The van der Waals surface area contributed by atoms with Crippen LogP contribution in [0.5, 0.6) is 0 Å². The molecule has 1 fully saturated rings. The molecule has 1 N–H and O–H groups in total. The smallest absolute Gasteiger partial charge is 0.311 e. The van der Waals surface area contributed by atoms with Gasteiger partial charge in [-0.15, -0.1) is 0 Å². The second-order valence-corrected chi connectivity index (χ2v) is 6.16. The molecule has 1 saturated heterocycles. The van der Waals surface area contributed by atoms with Crippen LogP contribution in [0.3, 0.4) is 0 Å². The molecule has 3 nitrogen and oxygen atoms in total. The highest BCUT2D eigenvalue weighted by molar-refractivity contribution is 6.30. The monoisotopic (exact) mass is 282 g/mol. The van der Waals surface area contributed by atoms with Gasteiger partial charge in [-0.1, -0.05) is 23.7 Å². The molecule has 2 atom stereocenters. The summed E-state index contributed by atoms with van der Waals surface area (Å²) in [5, 5.41) is 9.98. The van der Waals surface area contributed by atoms with E-state index in [1.165, 1.54) is 0 Å². The van der Waals surface area contributed by atoms with Crippen LogP contribution in [0, 0.1) is 0 Å². The normalized spacial score (nSPS) is 23.2. The minimum Gasteiger partial charge on any atom is -0.481 e. The van der Waals surface area contributed by atoms with Gasteiger partial charge in [0.1, 0.15) is 0 Å². The summed E-state index contributed by atoms with van der Waals surface area (Å²) in [4.78, 5) is 11.5. The predicted octanol–water partition coefficient (Wildman–Crippen LogP) is 3.86. The van der Waals surface area contributed by atoms with E-state index in [-0.39, 0.29) is 11.7 Å². The largest absolute Gasteiger partial charge is 0.481 e. The maximum Gasteiger partial charge on any atom is 0.311 e. The van der Waals surface area contributed by atoms with Crippen molar-refractivity contribution in [1.82, 2.24) is 0 Å². The van der Waals surface area contributed by atoms with Crippen LogP contribution in [0.2, 0.25) is 5.02 Å². The van der Waals surface area contributed by atoms with Gasteiger partial charge in [-0.25, -0.2) is 0 Å². The molecule has 4 heteroatoms. The maximum absolute atomic E-state index is 11.5. The molecule has 0 amide bonds. The summed E-state index contributed by atoms with van der Waals surface area (Å²) >= 11 is 5.93. The van der Waals surface area contributed by atoms with Crippen molar-refractivity contribution in [1.29, 1.82) is 0 Å². The minimum absolute atomic E-state index is 0.00933. The second kappa shape index (κ2) is 5.51. The molecule has 1 aromatic rings. The van der Waals surface area contributed by atoms with E-state index < -0.39 is 11.9 Å². The summed E-state index contributed by atoms with van der Waals surface area (Å²) in [5.74, 6) is -1.38. The fourth-order valence-electron chi connectivity index (χ4n) is 2.61. The Balaban J connectivity index is 2.12. The first-order valence-corrected chi connectivity index (χ1v) is 6.91. The van der Waals surface area contributed by atoms with E-state index in [1.54, 1.807) is 18.2 Å². The third kappa shape index (κ3) is 3.71. The molecule has 1 aromatic carbocycles. The van der Waals surface area contributed by atoms with Gasteiger partial charge in [-0.2, -0.15) is 0 Å². The van der Waals surface area contributed by atoms with Crippen LogP contribution in [-0.4, -0.2) is 22.8 Å². The van der Waals surface area contributed by atoms with E-state index in [4.69, 9.17) is 16.3 Å². The molecule has 0 saturated carbocycles. The van der Waals surface area contributed by atoms with Gasteiger partial charge < -0.3 is 9.84 Å². The molecule has 0 spiro atoms. The Morgan fingerprint density at radius 1 is 1.58 bits per heavy atom. The van der Waals surface area contributed by atoms with Gasteiger partial charge in [-0.05, 0) is 50.8 Å². The Morgan fingerprint density at radius 2 is 2.32 bits per heavy atom. The third-order valence-corrected chi connectivity index (χ3v) is 3.84. The summed E-state index contributed by atoms with van der Waals surface area (Å²) < 4.78 is 5.88. The average molecular weight is 283 g/mol. The summed E-state index contributed by atoms with van der Waals surface area (Å²) in [6.07, 6.45) is 2.39. The third-order valence-electron chi connectivity index (χ3n) is 3.60. The highest BCUT2D eigenvalue weighted by Gasteiger charge is 2.35. The van der Waals surface area contributed by atoms with Crippen molar-refractivity contribution in [2.45, 2.75) is 50.7 Å². The van der Waals surface area contributed by atoms with Gasteiger partial charge in [0.05, 0.1) is 17.6 Å². The van der Waals surface area contributed by atoms with Gasteiger partial charge in [-0.3, -0.25) is 4.79 Å². The molecule has 0 radical (unpaired) electrons. The highest BCUT2D eigenvalue weighted by atomic mass is 35.5. The molecule has 2 unspecified atom stereocenters. The number of halogens is 1. The lowest BCUT2D eigenvalue weighted by molar-refractivity contribution is -0.140. The Kier molecular flexibility index (Phi) is 4.16. The SMILES string of the molecule is CC1(C)CCC(CC(C(=O)O)c2cccc(Cl)c2)O1.